The molecule has 0 fully saturated rings. The third kappa shape index (κ3) is 2.69. The van der Waals surface area contributed by atoms with Gasteiger partial charge in [-0.2, -0.15) is 10.4 Å². The van der Waals surface area contributed by atoms with Gasteiger partial charge in [-0.1, -0.05) is 29.8 Å². The maximum absolute atomic E-state index is 11.1. The van der Waals surface area contributed by atoms with Gasteiger partial charge in [-0.25, -0.2) is 0 Å². The molecule has 1 aromatic heterocycles. The van der Waals surface area contributed by atoms with Gasteiger partial charge >= 0.3 is 0 Å². The van der Waals surface area contributed by atoms with E-state index in [1.54, 1.807) is 12.3 Å². The summed E-state index contributed by atoms with van der Waals surface area (Å²) >= 11 is 0. The van der Waals surface area contributed by atoms with Crippen molar-refractivity contribution in [3.8, 4) is 17.3 Å². The summed E-state index contributed by atoms with van der Waals surface area (Å²) in [6.45, 7) is 2.00. The SMILES string of the molecule is Cc1ccc(-c2[nH]ncc2C=C(C#N)C(N)=O)cc1. The summed E-state index contributed by atoms with van der Waals surface area (Å²) in [7, 11) is 0. The molecule has 0 aliphatic carbocycles. The van der Waals surface area contributed by atoms with Gasteiger partial charge in [-0.05, 0) is 13.0 Å². The average Bonchev–Trinajstić information content (AvgIpc) is 2.84. The fourth-order valence-corrected chi connectivity index (χ4v) is 1.67. The van der Waals surface area contributed by atoms with Gasteiger partial charge in [-0.3, -0.25) is 9.89 Å². The van der Waals surface area contributed by atoms with E-state index in [1.807, 2.05) is 31.2 Å². The molecular formula is C14H12N4O. The molecule has 0 aliphatic rings. The number of nitriles is 1. The fraction of sp³-hybridized carbons (Fsp3) is 0.0714. The number of primary amides is 1. The molecular weight excluding hydrogens is 240 g/mol. The molecule has 94 valence electrons. The second kappa shape index (κ2) is 5.19. The van der Waals surface area contributed by atoms with E-state index in [4.69, 9.17) is 11.0 Å². The van der Waals surface area contributed by atoms with E-state index in [0.717, 1.165) is 16.8 Å². The first-order valence-corrected chi connectivity index (χ1v) is 5.64. The molecule has 0 saturated heterocycles. The van der Waals surface area contributed by atoms with Gasteiger partial charge in [0.2, 0.25) is 0 Å². The number of carbonyl (C=O) groups excluding carboxylic acids is 1. The number of hydrogen-bond acceptors (Lipinski definition) is 3. The summed E-state index contributed by atoms with van der Waals surface area (Å²) in [4.78, 5) is 11.1. The second-order valence-corrected chi connectivity index (χ2v) is 4.10. The number of benzene rings is 1. The Morgan fingerprint density at radius 3 is 2.68 bits per heavy atom. The third-order valence-electron chi connectivity index (χ3n) is 2.69. The Labute approximate surface area is 110 Å². The molecule has 1 aromatic carbocycles. The van der Waals surface area contributed by atoms with E-state index < -0.39 is 5.91 Å². The van der Waals surface area contributed by atoms with Crippen LogP contribution in [-0.4, -0.2) is 16.1 Å². The van der Waals surface area contributed by atoms with Gasteiger partial charge in [-0.15, -0.1) is 0 Å². The van der Waals surface area contributed by atoms with Crippen LogP contribution in [0.25, 0.3) is 17.3 Å². The molecule has 0 bridgehead atoms. The highest BCUT2D eigenvalue weighted by atomic mass is 16.1. The molecule has 3 N–H and O–H groups in total. The van der Waals surface area contributed by atoms with Crippen molar-refractivity contribution in [1.82, 2.24) is 10.2 Å². The van der Waals surface area contributed by atoms with Crippen molar-refractivity contribution in [3.05, 3.63) is 47.2 Å². The van der Waals surface area contributed by atoms with Crippen LogP contribution in [0.4, 0.5) is 0 Å². The predicted molar refractivity (Wildman–Crippen MR) is 71.5 cm³/mol. The van der Waals surface area contributed by atoms with E-state index in [-0.39, 0.29) is 5.57 Å². The van der Waals surface area contributed by atoms with Gasteiger partial charge in [0.1, 0.15) is 11.6 Å². The van der Waals surface area contributed by atoms with Crippen LogP contribution in [0.2, 0.25) is 0 Å². The normalized spacial score (nSPS) is 11.1. The zero-order valence-electron chi connectivity index (χ0n) is 10.3. The second-order valence-electron chi connectivity index (χ2n) is 4.10. The van der Waals surface area contributed by atoms with Crippen LogP contribution in [0.1, 0.15) is 11.1 Å². The van der Waals surface area contributed by atoms with Crippen LogP contribution in [0.5, 0.6) is 0 Å². The largest absolute Gasteiger partial charge is 0.365 e. The van der Waals surface area contributed by atoms with Crippen LogP contribution >= 0.6 is 0 Å². The lowest BCUT2D eigenvalue weighted by atomic mass is 10.0. The first-order valence-electron chi connectivity index (χ1n) is 5.64. The Balaban J connectivity index is 2.46. The van der Waals surface area contributed by atoms with Gasteiger partial charge in [0.25, 0.3) is 5.91 Å². The van der Waals surface area contributed by atoms with Gasteiger partial charge in [0.05, 0.1) is 11.9 Å². The quantitative estimate of drug-likeness (QED) is 0.643. The minimum atomic E-state index is -0.751. The van der Waals surface area contributed by atoms with Crippen LogP contribution in [-0.2, 0) is 4.79 Å². The Kier molecular flexibility index (Phi) is 3.44. The number of aryl methyl sites for hydroxylation is 1. The molecule has 19 heavy (non-hydrogen) atoms. The number of aromatic amines is 1. The van der Waals surface area contributed by atoms with Crippen LogP contribution in [0, 0.1) is 18.3 Å². The van der Waals surface area contributed by atoms with E-state index in [0.29, 0.717) is 5.56 Å². The van der Waals surface area contributed by atoms with Crippen molar-refractivity contribution < 1.29 is 4.79 Å². The molecule has 5 nitrogen and oxygen atoms in total. The van der Waals surface area contributed by atoms with Crippen LogP contribution in [0.3, 0.4) is 0 Å². The lowest BCUT2D eigenvalue weighted by molar-refractivity contribution is -0.114. The lowest BCUT2D eigenvalue weighted by Gasteiger charge is -2.01. The molecule has 0 radical (unpaired) electrons. The summed E-state index contributed by atoms with van der Waals surface area (Å²) in [5.41, 5.74) is 8.48. The smallest absolute Gasteiger partial charge is 0.259 e. The molecule has 0 spiro atoms. The number of hydrogen-bond donors (Lipinski definition) is 2. The zero-order valence-corrected chi connectivity index (χ0v) is 10.3. The fourth-order valence-electron chi connectivity index (χ4n) is 1.67. The number of carbonyl (C=O) groups is 1. The van der Waals surface area contributed by atoms with Crippen molar-refractivity contribution in [2.24, 2.45) is 5.73 Å². The monoisotopic (exact) mass is 252 g/mol. The first kappa shape index (κ1) is 12.6. The maximum atomic E-state index is 11.1. The Morgan fingerprint density at radius 2 is 2.11 bits per heavy atom. The molecule has 0 saturated carbocycles. The van der Waals surface area contributed by atoms with Gasteiger partial charge in [0, 0.05) is 11.1 Å². The number of nitrogens with two attached hydrogens (primary N) is 1. The first-order chi connectivity index (χ1) is 9.11. The Morgan fingerprint density at radius 1 is 1.42 bits per heavy atom. The lowest BCUT2D eigenvalue weighted by Crippen LogP contribution is -2.12. The van der Waals surface area contributed by atoms with E-state index >= 15 is 0 Å². The van der Waals surface area contributed by atoms with Gasteiger partial charge in [0.15, 0.2) is 0 Å². The highest BCUT2D eigenvalue weighted by Crippen LogP contribution is 2.23. The summed E-state index contributed by atoms with van der Waals surface area (Å²) in [5.74, 6) is -0.751. The molecule has 0 atom stereocenters. The van der Waals surface area contributed by atoms with E-state index in [9.17, 15) is 4.79 Å². The number of aromatic nitrogens is 2. The van der Waals surface area contributed by atoms with Crippen molar-refractivity contribution in [1.29, 1.82) is 5.26 Å². The van der Waals surface area contributed by atoms with Crippen LogP contribution in [0.15, 0.2) is 36.0 Å². The maximum Gasteiger partial charge on any atom is 0.259 e. The molecule has 1 amide bonds. The molecule has 0 unspecified atom stereocenters. The Bertz CT molecular complexity index is 674. The highest BCUT2D eigenvalue weighted by molar-refractivity contribution is 6.01. The average molecular weight is 252 g/mol. The number of rotatable bonds is 3. The van der Waals surface area contributed by atoms with Gasteiger partial charge < -0.3 is 5.73 Å². The van der Waals surface area contributed by atoms with E-state index in [1.165, 1.54) is 6.08 Å². The molecule has 1 heterocycles. The number of amides is 1. The topological polar surface area (TPSA) is 95.6 Å². The summed E-state index contributed by atoms with van der Waals surface area (Å²) in [5, 5.41) is 15.6. The Hall–Kier alpha value is -2.87. The standard InChI is InChI=1S/C14H12N4O/c1-9-2-4-10(5-3-9)13-12(8-17-18-13)6-11(7-15)14(16)19/h2-6,8H,1H3,(H2,16,19)(H,17,18). The van der Waals surface area contributed by atoms with E-state index in [2.05, 4.69) is 10.2 Å². The molecule has 2 aromatic rings. The van der Waals surface area contributed by atoms with Crippen molar-refractivity contribution >= 4 is 12.0 Å². The number of H-pyrrole nitrogens is 1. The van der Waals surface area contributed by atoms with Crippen molar-refractivity contribution in [2.45, 2.75) is 6.92 Å². The number of nitrogens with zero attached hydrogens (tertiary/aromatic N) is 2. The number of nitrogens with one attached hydrogen (secondary N) is 1. The molecule has 5 heteroatoms. The predicted octanol–water partition coefficient (Wildman–Crippen LogP) is 1.78. The summed E-state index contributed by atoms with van der Waals surface area (Å²) in [6, 6.07) is 9.60. The highest BCUT2D eigenvalue weighted by Gasteiger charge is 2.09. The van der Waals surface area contributed by atoms with Crippen LogP contribution < -0.4 is 5.73 Å². The summed E-state index contributed by atoms with van der Waals surface area (Å²) < 4.78 is 0. The molecule has 2 rings (SSSR count). The minimum absolute atomic E-state index is 0.102. The van der Waals surface area contributed by atoms with Crippen molar-refractivity contribution in [3.63, 3.8) is 0 Å². The third-order valence-corrected chi connectivity index (χ3v) is 2.69. The minimum Gasteiger partial charge on any atom is -0.365 e. The van der Waals surface area contributed by atoms with Crippen molar-refractivity contribution in [2.75, 3.05) is 0 Å². The zero-order chi connectivity index (χ0) is 13.8. The molecule has 0 aliphatic heterocycles. The summed E-state index contributed by atoms with van der Waals surface area (Å²) in [6.07, 6.45) is 2.98.